The second-order valence-corrected chi connectivity index (χ2v) is 44.5. The van der Waals surface area contributed by atoms with Crippen molar-refractivity contribution in [2.45, 2.75) is 162 Å². The van der Waals surface area contributed by atoms with E-state index in [1.807, 2.05) is 39.3 Å². The summed E-state index contributed by atoms with van der Waals surface area (Å²) in [5.74, 6) is -1.87. The Morgan fingerprint density at radius 3 is 1.29 bits per heavy atom. The molecule has 0 rings (SSSR count). The molecule has 0 saturated carbocycles. The van der Waals surface area contributed by atoms with Gasteiger partial charge in [0.05, 0.1) is 37.1 Å². The zero-order chi connectivity index (χ0) is 36.0. The van der Waals surface area contributed by atoms with Crippen LogP contribution in [0.3, 0.4) is 0 Å². The van der Waals surface area contributed by atoms with E-state index in [1.165, 1.54) is 6.92 Å². The molecule has 10 nitrogen and oxygen atoms in total. The van der Waals surface area contributed by atoms with Crippen LogP contribution in [0.4, 0.5) is 0 Å². The van der Waals surface area contributed by atoms with E-state index < -0.39 is 92.1 Å². The van der Waals surface area contributed by atoms with Crippen LogP contribution < -0.4 is 5.32 Å². The van der Waals surface area contributed by atoms with Crippen LogP contribution in [-0.4, -0.2) is 105 Å². The van der Waals surface area contributed by atoms with E-state index in [9.17, 15) is 14.4 Å². The quantitative estimate of drug-likeness (QED) is 0.109. The van der Waals surface area contributed by atoms with Crippen molar-refractivity contribution < 1.29 is 40.9 Å². The Hall–Kier alpha value is -0.289. The molecule has 0 heterocycles. The van der Waals surface area contributed by atoms with Crippen molar-refractivity contribution in [1.29, 1.82) is 0 Å². The molecule has 0 aliphatic rings. The lowest BCUT2D eigenvalue weighted by molar-refractivity contribution is -0.149. The lowest BCUT2D eigenvalue weighted by atomic mass is 9.94. The molecule has 1 N–H and O–H groups in total. The van der Waals surface area contributed by atoms with Crippen LogP contribution >= 0.6 is 0 Å². The maximum absolute atomic E-state index is 13.4. The highest BCUT2D eigenvalue weighted by Crippen LogP contribution is 2.30. The fourth-order valence-corrected chi connectivity index (χ4v) is 10.2. The van der Waals surface area contributed by atoms with Crippen LogP contribution in [0.2, 0.25) is 118 Å². The van der Waals surface area contributed by atoms with E-state index in [1.54, 1.807) is 0 Å². The second-order valence-electron chi connectivity index (χ2n) is 17.7. The normalized spacial score (nSPS) is 17.2. The minimum absolute atomic E-state index is 0.269. The monoisotopic (exact) mass is 741 g/mol. The van der Waals surface area contributed by atoms with E-state index >= 15 is 0 Å². The Kier molecular flexibility index (Phi) is 16.8. The van der Waals surface area contributed by atoms with Gasteiger partial charge < -0.3 is 31.9 Å². The maximum atomic E-state index is 13.4. The van der Waals surface area contributed by atoms with Gasteiger partial charge in [0, 0.05) is 13.3 Å². The average Bonchev–Trinajstić information content (AvgIpc) is 2.72. The van der Waals surface area contributed by atoms with Crippen molar-refractivity contribution in [3.8, 4) is 0 Å². The van der Waals surface area contributed by atoms with Gasteiger partial charge in [-0.1, -0.05) is 0 Å². The molecular formula is C29H67NO9Si6. The van der Waals surface area contributed by atoms with Crippen molar-refractivity contribution in [2.24, 2.45) is 0 Å². The van der Waals surface area contributed by atoms with Crippen LogP contribution in [0, 0.1) is 0 Å². The molecule has 0 bridgehead atoms. The summed E-state index contributed by atoms with van der Waals surface area (Å²) in [6.45, 7) is 38.7. The number of carbonyl (C=O) groups is 3. The Morgan fingerprint density at radius 2 is 0.933 bits per heavy atom. The summed E-state index contributed by atoms with van der Waals surface area (Å²) in [7, 11) is -13.4. The highest BCUT2D eigenvalue weighted by molar-refractivity contribution is 6.73. The Labute approximate surface area is 281 Å². The Bertz CT molecular complexity index is 974. The number of amides is 1. The van der Waals surface area contributed by atoms with E-state index in [0.717, 1.165) is 0 Å². The predicted molar refractivity (Wildman–Crippen MR) is 199 cm³/mol. The van der Waals surface area contributed by atoms with Crippen LogP contribution in [0.1, 0.15) is 13.3 Å². The second kappa shape index (κ2) is 16.9. The van der Waals surface area contributed by atoms with Gasteiger partial charge in [-0.3, -0.25) is 9.59 Å². The van der Waals surface area contributed by atoms with Crippen molar-refractivity contribution in [3.63, 3.8) is 0 Å². The van der Waals surface area contributed by atoms with E-state index in [0.29, 0.717) is 6.61 Å². The molecule has 0 spiro atoms. The third-order valence-corrected chi connectivity index (χ3v) is 11.3. The van der Waals surface area contributed by atoms with E-state index in [2.05, 4.69) is 83.9 Å². The molecule has 0 aliphatic heterocycles. The molecule has 5 atom stereocenters. The summed E-state index contributed by atoms with van der Waals surface area (Å²) < 4.78 is 39.5. The molecule has 0 radical (unpaired) electrons. The van der Waals surface area contributed by atoms with Crippen molar-refractivity contribution in [2.75, 3.05) is 6.61 Å². The Morgan fingerprint density at radius 1 is 0.533 bits per heavy atom. The fourth-order valence-electron chi connectivity index (χ4n) is 4.42. The van der Waals surface area contributed by atoms with Gasteiger partial charge in [0.15, 0.2) is 41.6 Å². The maximum Gasteiger partial charge on any atom is 0.361 e. The Balaban J connectivity index is 7.47. The van der Waals surface area contributed by atoms with E-state index in [4.69, 9.17) is 26.6 Å². The number of Topliss-reactive ketones (excluding diaryl/α,β-unsaturated/α-hetero) is 1. The molecule has 0 aromatic rings. The topological polar surface area (TPSA) is 119 Å². The number of ketones is 1. The molecule has 1 amide bonds. The number of hydrogen-bond acceptors (Lipinski definition) is 9. The van der Waals surface area contributed by atoms with Gasteiger partial charge in [-0.05, 0) is 118 Å². The molecular weight excluding hydrogens is 675 g/mol. The van der Waals surface area contributed by atoms with E-state index in [-0.39, 0.29) is 12.3 Å². The molecule has 0 saturated heterocycles. The first-order valence-corrected chi connectivity index (χ1v) is 36.5. The van der Waals surface area contributed by atoms with Gasteiger partial charge in [-0.15, -0.1) is 0 Å². The summed E-state index contributed by atoms with van der Waals surface area (Å²) in [6, 6.07) is -0.828. The van der Waals surface area contributed by atoms with Crippen molar-refractivity contribution in [3.05, 3.63) is 0 Å². The zero-order valence-corrected chi connectivity index (χ0v) is 38.0. The third-order valence-electron chi connectivity index (χ3n) is 5.50. The van der Waals surface area contributed by atoms with Crippen LogP contribution in [0.25, 0.3) is 0 Å². The smallest absolute Gasteiger partial charge is 0.361 e. The summed E-state index contributed by atoms with van der Waals surface area (Å²) in [5.41, 5.74) is 0. The molecule has 0 aromatic carbocycles. The predicted octanol–water partition coefficient (Wildman–Crippen LogP) is 6.56. The highest BCUT2D eigenvalue weighted by Gasteiger charge is 2.48. The highest BCUT2D eigenvalue weighted by atomic mass is 28.4. The first-order chi connectivity index (χ1) is 19.7. The first kappa shape index (κ1) is 44.7. The van der Waals surface area contributed by atoms with Gasteiger partial charge in [0.2, 0.25) is 20.0 Å². The summed E-state index contributed by atoms with van der Waals surface area (Å²) in [6.07, 6.45) is -3.06. The fraction of sp³-hybridized carbons (Fsp3) is 0.897. The molecule has 45 heavy (non-hydrogen) atoms. The minimum atomic E-state index is -2.34. The number of rotatable bonds is 20. The summed E-state index contributed by atoms with van der Waals surface area (Å²) in [5, 5.41) is 3.09. The van der Waals surface area contributed by atoms with Crippen molar-refractivity contribution in [1.82, 2.24) is 5.32 Å². The molecule has 0 aliphatic carbocycles. The first-order valence-electron chi connectivity index (χ1n) is 16.1. The lowest BCUT2D eigenvalue weighted by Gasteiger charge is -2.47. The number of hydrogen-bond donors (Lipinski definition) is 1. The van der Waals surface area contributed by atoms with Gasteiger partial charge in [-0.2, -0.15) is 0 Å². The summed E-state index contributed by atoms with van der Waals surface area (Å²) >= 11 is 0. The standard InChI is InChI=1S/C29H67NO9Si6/c1-22(31)30-26(24(35-41(5,6)7)20-23(32)29(33)39-45(17,18)19)28(38-44(14,15)16)27(37-43(11,12)13)25(36-42(8,9)10)21-34-40(2,3)4/h24-28H,20-21H2,1-19H3,(H,30,31). The molecule has 266 valence electrons. The van der Waals surface area contributed by atoms with Crippen LogP contribution in [0.5, 0.6) is 0 Å². The lowest BCUT2D eigenvalue weighted by Crippen LogP contribution is -2.65. The SMILES string of the molecule is CC(=O)NC(C(CC(=O)C(=O)O[Si](C)(C)C)O[Si](C)(C)C)C(O[Si](C)(C)C)C(O[Si](C)(C)C)C(CO[Si](C)(C)C)O[Si](C)(C)C. The molecule has 5 unspecified atom stereocenters. The van der Waals surface area contributed by atoms with Gasteiger partial charge in [0.25, 0.3) is 0 Å². The third kappa shape index (κ3) is 22.1. The minimum Gasteiger partial charge on any atom is -0.514 e. The average molecular weight is 742 g/mol. The van der Waals surface area contributed by atoms with Crippen LogP contribution in [0.15, 0.2) is 0 Å². The van der Waals surface area contributed by atoms with Crippen molar-refractivity contribution >= 4 is 67.6 Å². The van der Waals surface area contributed by atoms with Gasteiger partial charge in [0.1, 0.15) is 0 Å². The number of nitrogens with one attached hydrogen (secondary N) is 1. The van der Waals surface area contributed by atoms with Gasteiger partial charge >= 0.3 is 5.97 Å². The number of carbonyl (C=O) groups excluding carboxylic acids is 3. The molecule has 16 heteroatoms. The molecule has 0 aromatic heterocycles. The van der Waals surface area contributed by atoms with Gasteiger partial charge in [-0.25, -0.2) is 4.79 Å². The molecule has 0 fully saturated rings. The van der Waals surface area contributed by atoms with Crippen LogP contribution in [-0.2, 0) is 40.9 Å². The largest absolute Gasteiger partial charge is 0.514 e. The summed E-state index contributed by atoms with van der Waals surface area (Å²) in [4.78, 5) is 39.3. The zero-order valence-electron chi connectivity index (χ0n) is 32.0.